The van der Waals surface area contributed by atoms with Gasteiger partial charge in [-0.3, -0.25) is 9.78 Å². The number of benzene rings is 3. The van der Waals surface area contributed by atoms with E-state index in [9.17, 15) is 4.79 Å². The van der Waals surface area contributed by atoms with Gasteiger partial charge in [-0.2, -0.15) is 0 Å². The van der Waals surface area contributed by atoms with E-state index in [0.717, 1.165) is 51.5 Å². The van der Waals surface area contributed by atoms with E-state index in [1.54, 1.807) is 0 Å². The molecule has 5 rings (SSSR count). The number of aromatic nitrogens is 2. The molecular weight excluding hydrogens is 476 g/mol. The Morgan fingerprint density at radius 3 is 2.00 bits per heavy atom. The molecule has 164 valence electrons. The molecule has 0 aliphatic carbocycles. The number of anilines is 1. The minimum absolute atomic E-state index is 0.0805. The SMILES string of the molecule is O=C(c1ccccc1)N1CCN(c2cnc(-c3ccc(Br)cc3)c(-c3ccccc3)n2)CC1. The zero-order chi connectivity index (χ0) is 22.6. The summed E-state index contributed by atoms with van der Waals surface area (Å²) >= 11 is 3.50. The minimum Gasteiger partial charge on any atom is -0.352 e. The lowest BCUT2D eigenvalue weighted by Gasteiger charge is -2.35. The Balaban J connectivity index is 1.40. The lowest BCUT2D eigenvalue weighted by Crippen LogP contribution is -2.49. The monoisotopic (exact) mass is 498 g/mol. The summed E-state index contributed by atoms with van der Waals surface area (Å²) in [4.78, 5) is 26.8. The van der Waals surface area contributed by atoms with Crippen molar-refractivity contribution in [2.24, 2.45) is 0 Å². The molecule has 0 radical (unpaired) electrons. The first kappa shape index (κ1) is 21.3. The van der Waals surface area contributed by atoms with Crippen molar-refractivity contribution in [2.75, 3.05) is 31.1 Å². The first-order valence-electron chi connectivity index (χ1n) is 11.0. The van der Waals surface area contributed by atoms with Crippen LogP contribution in [0.15, 0.2) is 95.6 Å². The fraction of sp³-hybridized carbons (Fsp3) is 0.148. The predicted molar refractivity (Wildman–Crippen MR) is 135 cm³/mol. The molecule has 0 N–H and O–H groups in total. The Morgan fingerprint density at radius 2 is 1.33 bits per heavy atom. The van der Waals surface area contributed by atoms with E-state index < -0.39 is 0 Å². The first-order valence-corrected chi connectivity index (χ1v) is 11.8. The molecule has 2 heterocycles. The number of carbonyl (C=O) groups is 1. The number of carbonyl (C=O) groups excluding carboxylic acids is 1. The van der Waals surface area contributed by atoms with Gasteiger partial charge in [-0.1, -0.05) is 76.6 Å². The fourth-order valence-electron chi connectivity index (χ4n) is 4.05. The van der Waals surface area contributed by atoms with Crippen molar-refractivity contribution >= 4 is 27.7 Å². The molecule has 4 aromatic rings. The molecule has 0 unspecified atom stereocenters. The molecule has 1 amide bonds. The highest BCUT2D eigenvalue weighted by molar-refractivity contribution is 9.10. The molecule has 1 saturated heterocycles. The Hall–Kier alpha value is -3.51. The van der Waals surface area contributed by atoms with Gasteiger partial charge in [-0.25, -0.2) is 4.98 Å². The minimum atomic E-state index is 0.0805. The predicted octanol–water partition coefficient (Wildman–Crippen LogP) is 5.54. The van der Waals surface area contributed by atoms with Crippen LogP contribution >= 0.6 is 15.9 Å². The van der Waals surface area contributed by atoms with Crippen molar-refractivity contribution in [1.29, 1.82) is 0 Å². The van der Waals surface area contributed by atoms with Gasteiger partial charge in [0.1, 0.15) is 5.82 Å². The van der Waals surface area contributed by atoms with E-state index in [1.807, 2.05) is 83.9 Å². The zero-order valence-corrected chi connectivity index (χ0v) is 19.6. The number of rotatable bonds is 4. The van der Waals surface area contributed by atoms with Crippen molar-refractivity contribution in [2.45, 2.75) is 0 Å². The molecule has 1 aliphatic rings. The second kappa shape index (κ2) is 9.55. The van der Waals surface area contributed by atoms with Gasteiger partial charge in [0.25, 0.3) is 5.91 Å². The molecule has 1 fully saturated rings. The maximum Gasteiger partial charge on any atom is 0.253 e. The molecule has 3 aromatic carbocycles. The molecule has 0 atom stereocenters. The van der Waals surface area contributed by atoms with Crippen LogP contribution in [0.5, 0.6) is 0 Å². The molecule has 6 heteroatoms. The lowest BCUT2D eigenvalue weighted by atomic mass is 10.0. The quantitative estimate of drug-likeness (QED) is 0.370. The highest BCUT2D eigenvalue weighted by Gasteiger charge is 2.24. The molecular formula is C27H23BrN4O. The Labute approximate surface area is 201 Å². The summed E-state index contributed by atoms with van der Waals surface area (Å²) in [7, 11) is 0. The second-order valence-corrected chi connectivity index (χ2v) is 8.86. The van der Waals surface area contributed by atoms with Crippen molar-refractivity contribution in [3.63, 3.8) is 0 Å². The van der Waals surface area contributed by atoms with Crippen LogP contribution in [0.2, 0.25) is 0 Å². The number of nitrogens with zero attached hydrogens (tertiary/aromatic N) is 4. The van der Waals surface area contributed by atoms with E-state index in [1.165, 1.54) is 0 Å². The van der Waals surface area contributed by atoms with Crippen LogP contribution in [0.3, 0.4) is 0 Å². The maximum atomic E-state index is 12.8. The van der Waals surface area contributed by atoms with Gasteiger partial charge in [0.15, 0.2) is 0 Å². The van der Waals surface area contributed by atoms with Gasteiger partial charge in [-0.05, 0) is 24.3 Å². The number of hydrogen-bond acceptors (Lipinski definition) is 4. The average molecular weight is 499 g/mol. The number of amides is 1. The summed E-state index contributed by atoms with van der Waals surface area (Å²) in [5, 5.41) is 0. The summed E-state index contributed by atoms with van der Waals surface area (Å²) in [6, 6.07) is 27.8. The van der Waals surface area contributed by atoms with Gasteiger partial charge in [0, 0.05) is 47.3 Å². The third-order valence-electron chi connectivity index (χ3n) is 5.84. The van der Waals surface area contributed by atoms with E-state index in [-0.39, 0.29) is 5.91 Å². The fourth-order valence-corrected chi connectivity index (χ4v) is 4.31. The van der Waals surface area contributed by atoms with Crippen LogP contribution in [0.4, 0.5) is 5.82 Å². The molecule has 5 nitrogen and oxygen atoms in total. The highest BCUT2D eigenvalue weighted by Crippen LogP contribution is 2.31. The summed E-state index contributed by atoms with van der Waals surface area (Å²) in [5.41, 5.74) is 4.50. The summed E-state index contributed by atoms with van der Waals surface area (Å²) < 4.78 is 1.03. The van der Waals surface area contributed by atoms with Crippen LogP contribution in [-0.2, 0) is 0 Å². The maximum absolute atomic E-state index is 12.8. The lowest BCUT2D eigenvalue weighted by molar-refractivity contribution is 0.0746. The highest BCUT2D eigenvalue weighted by atomic mass is 79.9. The number of piperazine rings is 1. The van der Waals surface area contributed by atoms with Gasteiger partial charge in [-0.15, -0.1) is 0 Å². The molecule has 1 aromatic heterocycles. The third kappa shape index (κ3) is 4.66. The van der Waals surface area contributed by atoms with Crippen molar-refractivity contribution in [3.8, 4) is 22.5 Å². The topological polar surface area (TPSA) is 49.3 Å². The van der Waals surface area contributed by atoms with E-state index >= 15 is 0 Å². The van der Waals surface area contributed by atoms with Crippen LogP contribution in [0, 0.1) is 0 Å². The molecule has 0 saturated carbocycles. The molecule has 33 heavy (non-hydrogen) atoms. The van der Waals surface area contributed by atoms with E-state index in [0.29, 0.717) is 13.1 Å². The Morgan fingerprint density at radius 1 is 0.727 bits per heavy atom. The van der Waals surface area contributed by atoms with Crippen LogP contribution in [-0.4, -0.2) is 47.0 Å². The van der Waals surface area contributed by atoms with Gasteiger partial charge in [0.05, 0.1) is 17.6 Å². The van der Waals surface area contributed by atoms with Crippen molar-refractivity contribution in [3.05, 3.63) is 101 Å². The summed E-state index contributed by atoms with van der Waals surface area (Å²) in [6.45, 7) is 2.76. The van der Waals surface area contributed by atoms with Gasteiger partial charge in [0.2, 0.25) is 0 Å². The number of halogens is 1. The third-order valence-corrected chi connectivity index (χ3v) is 6.36. The van der Waals surface area contributed by atoms with E-state index in [4.69, 9.17) is 9.97 Å². The van der Waals surface area contributed by atoms with Gasteiger partial charge < -0.3 is 9.80 Å². The smallest absolute Gasteiger partial charge is 0.253 e. The largest absolute Gasteiger partial charge is 0.352 e. The van der Waals surface area contributed by atoms with Crippen LogP contribution in [0.25, 0.3) is 22.5 Å². The molecule has 0 bridgehead atoms. The molecule has 1 aliphatic heterocycles. The normalized spacial score (nSPS) is 13.7. The van der Waals surface area contributed by atoms with Crippen LogP contribution in [0.1, 0.15) is 10.4 Å². The van der Waals surface area contributed by atoms with Crippen molar-refractivity contribution < 1.29 is 4.79 Å². The molecule has 0 spiro atoms. The second-order valence-electron chi connectivity index (χ2n) is 7.94. The standard InChI is InChI=1S/C27H23BrN4O/c28-23-13-11-21(12-14-23)25-26(20-7-3-1-4-8-20)30-24(19-29-25)31-15-17-32(18-16-31)27(33)22-9-5-2-6-10-22/h1-14,19H,15-18H2. The summed E-state index contributed by atoms with van der Waals surface area (Å²) in [6.07, 6.45) is 1.85. The first-order chi connectivity index (χ1) is 16.2. The van der Waals surface area contributed by atoms with Crippen LogP contribution < -0.4 is 4.90 Å². The van der Waals surface area contributed by atoms with Gasteiger partial charge >= 0.3 is 0 Å². The average Bonchev–Trinajstić information content (AvgIpc) is 2.89. The van der Waals surface area contributed by atoms with Crippen molar-refractivity contribution in [1.82, 2.24) is 14.9 Å². The zero-order valence-electron chi connectivity index (χ0n) is 18.1. The Kier molecular flexibility index (Phi) is 6.17. The summed E-state index contributed by atoms with van der Waals surface area (Å²) in [5.74, 6) is 0.915. The van der Waals surface area contributed by atoms with E-state index in [2.05, 4.69) is 33.0 Å². The Bertz CT molecular complexity index is 1240. The number of hydrogen-bond donors (Lipinski definition) is 0.